The number of Topliss-reactive ketones (excluding diaryl/α,β-unsaturated/α-hetero) is 1. The number of hydrogen-bond acceptors (Lipinski definition) is 6. The summed E-state index contributed by atoms with van der Waals surface area (Å²) in [6, 6.07) is 4.90. The van der Waals surface area contributed by atoms with E-state index in [4.69, 9.17) is 9.47 Å². The topological polar surface area (TPSA) is 93.2 Å². The van der Waals surface area contributed by atoms with Crippen LogP contribution in [0.5, 0.6) is 5.75 Å². The molecule has 0 fully saturated rings. The molecule has 1 aromatic carbocycles. The molecule has 8 heteroatoms. The van der Waals surface area contributed by atoms with E-state index in [9.17, 15) is 19.2 Å². The zero-order valence-corrected chi connectivity index (χ0v) is 16.7. The summed E-state index contributed by atoms with van der Waals surface area (Å²) in [5.41, 5.74) is 0.949. The highest BCUT2D eigenvalue weighted by molar-refractivity contribution is 6.03. The van der Waals surface area contributed by atoms with Gasteiger partial charge in [0.05, 0.1) is 18.7 Å². The normalized spacial score (nSPS) is 15.5. The van der Waals surface area contributed by atoms with Crippen LogP contribution in [0.3, 0.4) is 0 Å². The maximum absolute atomic E-state index is 12.5. The molecule has 28 heavy (non-hydrogen) atoms. The van der Waals surface area contributed by atoms with Crippen molar-refractivity contribution in [1.29, 1.82) is 0 Å². The number of carbonyl (C=O) groups is 4. The van der Waals surface area contributed by atoms with Crippen LogP contribution < -0.4 is 9.64 Å². The first kappa shape index (κ1) is 21.4. The van der Waals surface area contributed by atoms with Gasteiger partial charge in [-0.15, -0.1) is 0 Å². The molecule has 0 saturated heterocycles. The number of fused-ring (bicyclic) bond motifs is 1. The Morgan fingerprint density at radius 1 is 1.21 bits per heavy atom. The Bertz CT molecular complexity index is 776. The number of hydrogen-bond donors (Lipinski definition) is 0. The Morgan fingerprint density at radius 2 is 1.93 bits per heavy atom. The van der Waals surface area contributed by atoms with Crippen molar-refractivity contribution >= 4 is 29.3 Å². The van der Waals surface area contributed by atoms with E-state index in [2.05, 4.69) is 0 Å². The fourth-order valence-electron chi connectivity index (χ4n) is 2.86. The van der Waals surface area contributed by atoms with Crippen LogP contribution in [0.25, 0.3) is 0 Å². The number of ether oxygens (including phenoxy) is 2. The summed E-state index contributed by atoms with van der Waals surface area (Å²) in [5, 5.41) is 0. The van der Waals surface area contributed by atoms with Gasteiger partial charge in [-0.25, -0.2) is 0 Å². The number of benzene rings is 1. The third-order valence-corrected chi connectivity index (χ3v) is 4.57. The predicted octanol–water partition coefficient (Wildman–Crippen LogP) is 1.80. The second kappa shape index (κ2) is 9.34. The molecule has 152 valence electrons. The Hall–Kier alpha value is -2.90. The predicted molar refractivity (Wildman–Crippen MR) is 102 cm³/mol. The Kier molecular flexibility index (Phi) is 7.14. The van der Waals surface area contributed by atoms with Crippen LogP contribution in [0.2, 0.25) is 0 Å². The van der Waals surface area contributed by atoms with Crippen LogP contribution in [-0.2, 0) is 19.1 Å². The maximum atomic E-state index is 12.5. The fraction of sp³-hybridized carbons (Fsp3) is 0.500. The molecule has 0 radical (unpaired) electrons. The van der Waals surface area contributed by atoms with Gasteiger partial charge in [-0.05, 0) is 32.0 Å². The molecule has 1 aliphatic heterocycles. The first-order valence-corrected chi connectivity index (χ1v) is 9.25. The Labute approximate surface area is 164 Å². The third-order valence-electron chi connectivity index (χ3n) is 4.57. The van der Waals surface area contributed by atoms with Crippen molar-refractivity contribution in [3.63, 3.8) is 0 Å². The highest BCUT2D eigenvalue weighted by Gasteiger charge is 2.29. The van der Waals surface area contributed by atoms with E-state index in [1.165, 1.54) is 9.80 Å². The van der Waals surface area contributed by atoms with Crippen LogP contribution in [0.4, 0.5) is 5.69 Å². The summed E-state index contributed by atoms with van der Waals surface area (Å²) in [6.07, 6.45) is -0.372. The summed E-state index contributed by atoms with van der Waals surface area (Å²) >= 11 is 0. The minimum atomic E-state index is -0.568. The lowest BCUT2D eigenvalue weighted by Gasteiger charge is -2.30. The smallest absolute Gasteiger partial charge is 0.307 e. The van der Waals surface area contributed by atoms with Crippen LogP contribution >= 0.6 is 0 Å². The molecule has 1 aliphatic rings. The number of nitrogens with zero attached hydrogens (tertiary/aromatic N) is 2. The number of ketones is 1. The Balaban J connectivity index is 1.92. The number of carbonyl (C=O) groups excluding carboxylic acids is 4. The average Bonchev–Trinajstić information content (AvgIpc) is 2.68. The number of likely N-dealkylation sites (N-methyl/N-ethyl adjacent to an activating group) is 1. The van der Waals surface area contributed by atoms with Crippen LogP contribution in [0.15, 0.2) is 18.2 Å². The van der Waals surface area contributed by atoms with E-state index >= 15 is 0 Å². The minimum absolute atomic E-state index is 0.0380. The zero-order valence-electron chi connectivity index (χ0n) is 16.7. The van der Waals surface area contributed by atoms with E-state index in [1.54, 1.807) is 46.1 Å². The molecule has 0 aliphatic carbocycles. The van der Waals surface area contributed by atoms with Gasteiger partial charge in [0, 0.05) is 39.0 Å². The van der Waals surface area contributed by atoms with Crippen molar-refractivity contribution < 1.29 is 28.7 Å². The van der Waals surface area contributed by atoms with Gasteiger partial charge in [0.15, 0.2) is 11.9 Å². The molecular formula is C20H26N2O6. The first-order valence-electron chi connectivity index (χ1n) is 9.25. The van der Waals surface area contributed by atoms with Crippen molar-refractivity contribution in [1.82, 2.24) is 4.90 Å². The summed E-state index contributed by atoms with van der Waals surface area (Å²) in [6.45, 7) is 3.94. The van der Waals surface area contributed by atoms with E-state index in [0.717, 1.165) is 0 Å². The second-order valence-corrected chi connectivity index (χ2v) is 6.63. The number of anilines is 1. The molecular weight excluding hydrogens is 364 g/mol. The van der Waals surface area contributed by atoms with Gasteiger partial charge in [0.1, 0.15) is 5.75 Å². The van der Waals surface area contributed by atoms with Crippen molar-refractivity contribution in [3.8, 4) is 5.75 Å². The molecule has 1 heterocycles. The molecule has 0 aromatic heterocycles. The van der Waals surface area contributed by atoms with Crippen LogP contribution in [0, 0.1) is 0 Å². The SMILES string of the molecule is CCOC(=O)CCN(C)C(=O)CCC(=O)c1ccc2c(c1)N(C)C(=O)C(C)O2. The van der Waals surface area contributed by atoms with Gasteiger partial charge in [-0.3, -0.25) is 19.2 Å². The van der Waals surface area contributed by atoms with Gasteiger partial charge < -0.3 is 19.3 Å². The van der Waals surface area contributed by atoms with E-state index in [1.807, 2.05) is 0 Å². The number of amides is 2. The molecule has 0 bridgehead atoms. The molecule has 1 unspecified atom stereocenters. The monoisotopic (exact) mass is 390 g/mol. The highest BCUT2D eigenvalue weighted by atomic mass is 16.5. The van der Waals surface area contributed by atoms with E-state index in [0.29, 0.717) is 23.6 Å². The van der Waals surface area contributed by atoms with Crippen molar-refractivity contribution in [2.24, 2.45) is 0 Å². The lowest BCUT2D eigenvalue weighted by molar-refractivity contribution is -0.143. The zero-order chi connectivity index (χ0) is 20.8. The molecule has 1 atom stereocenters. The van der Waals surface area contributed by atoms with Gasteiger partial charge in [-0.2, -0.15) is 0 Å². The standard InChI is InChI=1S/C20H26N2O6/c1-5-27-19(25)10-11-21(3)18(24)9-7-16(23)14-6-8-17-15(12-14)22(4)20(26)13(2)28-17/h6,8,12-13H,5,7,9-11H2,1-4H3. The number of rotatable bonds is 8. The molecule has 1 aromatic rings. The quantitative estimate of drug-likeness (QED) is 0.496. The van der Waals surface area contributed by atoms with Gasteiger partial charge in [0.25, 0.3) is 5.91 Å². The van der Waals surface area contributed by atoms with Gasteiger partial charge in [-0.1, -0.05) is 0 Å². The maximum Gasteiger partial charge on any atom is 0.307 e. The lowest BCUT2D eigenvalue weighted by Crippen LogP contribution is -2.42. The fourth-order valence-corrected chi connectivity index (χ4v) is 2.86. The first-order chi connectivity index (χ1) is 13.2. The van der Waals surface area contributed by atoms with Crippen molar-refractivity contribution in [2.45, 2.75) is 39.2 Å². The van der Waals surface area contributed by atoms with Crippen molar-refractivity contribution in [3.05, 3.63) is 23.8 Å². The highest BCUT2D eigenvalue weighted by Crippen LogP contribution is 2.34. The summed E-state index contributed by atoms with van der Waals surface area (Å²) in [7, 11) is 3.22. The summed E-state index contributed by atoms with van der Waals surface area (Å²) < 4.78 is 10.4. The largest absolute Gasteiger partial charge is 0.479 e. The minimum Gasteiger partial charge on any atom is -0.479 e. The third kappa shape index (κ3) is 5.09. The molecule has 8 nitrogen and oxygen atoms in total. The lowest BCUT2D eigenvalue weighted by atomic mass is 10.0. The molecule has 2 rings (SSSR count). The average molecular weight is 390 g/mol. The Morgan fingerprint density at radius 3 is 2.61 bits per heavy atom. The van der Waals surface area contributed by atoms with Crippen LogP contribution in [-0.4, -0.2) is 61.8 Å². The van der Waals surface area contributed by atoms with Crippen LogP contribution in [0.1, 0.15) is 43.5 Å². The van der Waals surface area contributed by atoms with E-state index in [-0.39, 0.29) is 49.4 Å². The van der Waals surface area contributed by atoms with E-state index < -0.39 is 6.10 Å². The molecule has 0 N–H and O–H groups in total. The van der Waals surface area contributed by atoms with Gasteiger partial charge >= 0.3 is 5.97 Å². The molecule has 0 saturated carbocycles. The van der Waals surface area contributed by atoms with Gasteiger partial charge in [0.2, 0.25) is 5.91 Å². The molecule has 2 amide bonds. The summed E-state index contributed by atoms with van der Waals surface area (Å²) in [5.74, 6) is -0.423. The second-order valence-electron chi connectivity index (χ2n) is 6.63. The number of esters is 1. The summed E-state index contributed by atoms with van der Waals surface area (Å²) in [4.78, 5) is 50.9. The van der Waals surface area contributed by atoms with Crippen molar-refractivity contribution in [2.75, 3.05) is 32.1 Å². The molecule has 0 spiro atoms.